The molecule has 1 aromatic rings. The van der Waals surface area contributed by atoms with Crippen molar-refractivity contribution in [3.63, 3.8) is 0 Å². The molecule has 172 valence electrons. The Morgan fingerprint density at radius 1 is 0.871 bits per heavy atom. The fraction of sp³-hybridized carbons (Fsp3) is 0.741. The molecule has 31 heavy (non-hydrogen) atoms. The zero-order valence-corrected chi connectivity index (χ0v) is 20.6. The lowest BCUT2D eigenvalue weighted by atomic mass is 9.76. The highest BCUT2D eigenvalue weighted by Gasteiger charge is 2.25. The van der Waals surface area contributed by atoms with E-state index in [-0.39, 0.29) is 14.7 Å². The summed E-state index contributed by atoms with van der Waals surface area (Å²) in [7, 11) is -0.367. The minimum absolute atomic E-state index is 0.240. The summed E-state index contributed by atoms with van der Waals surface area (Å²) in [5.74, 6) is 0.608. The summed E-state index contributed by atoms with van der Waals surface area (Å²) in [6.45, 7) is 2.31. The van der Waals surface area contributed by atoms with Gasteiger partial charge < -0.3 is 0 Å². The fourth-order valence-corrected chi connectivity index (χ4v) is 9.70. The van der Waals surface area contributed by atoms with Crippen LogP contribution in [0.2, 0.25) is 18.1 Å². The molecule has 0 aromatic heterocycles. The van der Waals surface area contributed by atoms with E-state index in [0.717, 1.165) is 30.2 Å². The van der Waals surface area contributed by atoms with Crippen molar-refractivity contribution in [1.29, 1.82) is 5.26 Å². The summed E-state index contributed by atoms with van der Waals surface area (Å²) in [6, 6.07) is 9.20. The van der Waals surface area contributed by atoms with Crippen molar-refractivity contribution in [2.75, 3.05) is 0 Å². The third kappa shape index (κ3) is 7.41. The molecule has 4 heteroatoms. The van der Waals surface area contributed by atoms with E-state index in [0.29, 0.717) is 0 Å². The Kier molecular flexibility index (Phi) is 10.0. The maximum atomic E-state index is 13.9. The zero-order chi connectivity index (χ0) is 22.1. The molecule has 0 radical (unpaired) electrons. The van der Waals surface area contributed by atoms with E-state index in [9.17, 15) is 8.78 Å². The first-order chi connectivity index (χ1) is 15.1. The van der Waals surface area contributed by atoms with Crippen molar-refractivity contribution in [3.05, 3.63) is 34.9 Å². The largest absolute Gasteiger partial charge is 0.205 e. The minimum Gasteiger partial charge on any atom is -0.205 e. The molecular weight excluding hydrogens is 404 g/mol. The van der Waals surface area contributed by atoms with Crippen molar-refractivity contribution in [3.8, 4) is 6.07 Å². The Labute approximate surface area is 190 Å². The maximum absolute atomic E-state index is 13.9. The van der Waals surface area contributed by atoms with Crippen molar-refractivity contribution < 1.29 is 8.78 Å². The second-order valence-corrected chi connectivity index (χ2v) is 13.8. The monoisotopic (exact) mass is 445 g/mol. The van der Waals surface area contributed by atoms with Crippen molar-refractivity contribution in [1.82, 2.24) is 0 Å². The topological polar surface area (TPSA) is 23.8 Å². The molecule has 2 fully saturated rings. The van der Waals surface area contributed by atoms with Crippen LogP contribution in [-0.2, 0) is 0 Å². The Balaban J connectivity index is 1.29. The van der Waals surface area contributed by atoms with Gasteiger partial charge in [-0.2, -0.15) is 5.26 Å². The molecule has 1 aliphatic carbocycles. The molecular formula is C27H41F2NSi. The molecule has 0 N–H and O–H groups in total. The molecule has 1 nitrogen and oxygen atoms in total. The van der Waals surface area contributed by atoms with Gasteiger partial charge >= 0.3 is 0 Å². The standard InChI is InChI=1S/C27H41F2NSi/c1-2-3-6-15-31-16-13-22(14-17-31)8-5-4-7-21-9-11-23(12-10-21)24-18-26(28)25(20-30)27(29)19-24/h18-19,21-23,31H,2-17H2,1H3/t21-,22-,23-,31-. The van der Waals surface area contributed by atoms with Gasteiger partial charge in [0.15, 0.2) is 0 Å². The Hall–Kier alpha value is -1.21. The lowest BCUT2D eigenvalue weighted by Gasteiger charge is -2.30. The lowest BCUT2D eigenvalue weighted by Crippen LogP contribution is -2.21. The van der Waals surface area contributed by atoms with Crippen molar-refractivity contribution >= 4 is 8.80 Å². The molecule has 2 aliphatic rings. The summed E-state index contributed by atoms with van der Waals surface area (Å²) < 4.78 is 27.9. The van der Waals surface area contributed by atoms with Crippen LogP contribution in [0.1, 0.15) is 107 Å². The molecule has 0 spiro atoms. The molecule has 3 rings (SSSR count). The summed E-state index contributed by atoms with van der Waals surface area (Å²) >= 11 is 0. The van der Waals surface area contributed by atoms with Crippen LogP contribution in [0.25, 0.3) is 0 Å². The Morgan fingerprint density at radius 3 is 2.00 bits per heavy atom. The quantitative estimate of drug-likeness (QED) is 0.261. The predicted octanol–water partition coefficient (Wildman–Crippen LogP) is 8.50. The first-order valence-electron chi connectivity index (χ1n) is 13.0. The molecule has 1 aromatic carbocycles. The molecule has 1 saturated carbocycles. The van der Waals surface area contributed by atoms with Gasteiger partial charge in [0.05, 0.1) is 0 Å². The molecule has 0 atom stereocenters. The van der Waals surface area contributed by atoms with Crippen LogP contribution in [0.5, 0.6) is 0 Å². The average Bonchev–Trinajstić information content (AvgIpc) is 2.78. The second-order valence-electron chi connectivity index (χ2n) is 10.4. The van der Waals surface area contributed by atoms with Crippen molar-refractivity contribution in [2.45, 2.75) is 114 Å². The van der Waals surface area contributed by atoms with E-state index in [1.54, 1.807) is 24.2 Å². The van der Waals surface area contributed by atoms with Gasteiger partial charge in [-0.05, 0) is 61.1 Å². The number of hydrogen-bond donors (Lipinski definition) is 0. The lowest BCUT2D eigenvalue weighted by molar-refractivity contribution is 0.296. The number of rotatable bonds is 10. The van der Waals surface area contributed by atoms with Crippen LogP contribution in [0.3, 0.4) is 0 Å². The molecule has 1 heterocycles. The summed E-state index contributed by atoms with van der Waals surface area (Å²) in [5.41, 5.74) is 0.283. The normalized spacial score (nSPS) is 26.5. The minimum atomic E-state index is -0.711. The molecule has 1 saturated heterocycles. The van der Waals surface area contributed by atoms with Gasteiger partial charge in [-0.1, -0.05) is 82.8 Å². The zero-order valence-electron chi connectivity index (χ0n) is 19.5. The maximum Gasteiger partial charge on any atom is 0.144 e. The SMILES string of the molecule is CCCCC[Si@H]1CC[C@H](CCCC[C@H]2CC[C@H](c3cc(F)c(C#N)c(F)c3)CC2)CC1. The van der Waals surface area contributed by atoms with E-state index in [1.165, 1.54) is 82.8 Å². The highest BCUT2D eigenvalue weighted by Crippen LogP contribution is 2.39. The number of nitrogens with zero attached hydrogens (tertiary/aromatic N) is 1. The third-order valence-corrected chi connectivity index (χ3v) is 11.7. The fourth-order valence-electron chi connectivity index (χ4n) is 6.08. The highest BCUT2D eigenvalue weighted by atomic mass is 28.3. The number of hydrogen-bond acceptors (Lipinski definition) is 1. The van der Waals surface area contributed by atoms with E-state index in [4.69, 9.17) is 5.26 Å². The van der Waals surface area contributed by atoms with Crippen LogP contribution in [0.15, 0.2) is 12.1 Å². The number of halogens is 2. The van der Waals surface area contributed by atoms with Crippen LogP contribution in [-0.4, -0.2) is 8.80 Å². The van der Waals surface area contributed by atoms with E-state index < -0.39 is 17.2 Å². The van der Waals surface area contributed by atoms with Gasteiger partial charge in [-0.25, -0.2) is 8.78 Å². The molecule has 0 bridgehead atoms. The molecule has 1 aliphatic heterocycles. The van der Waals surface area contributed by atoms with E-state index in [2.05, 4.69) is 6.92 Å². The van der Waals surface area contributed by atoms with Crippen LogP contribution >= 0.6 is 0 Å². The van der Waals surface area contributed by atoms with Crippen LogP contribution < -0.4 is 0 Å². The first-order valence-corrected chi connectivity index (χ1v) is 15.4. The van der Waals surface area contributed by atoms with Crippen molar-refractivity contribution in [2.24, 2.45) is 11.8 Å². The van der Waals surface area contributed by atoms with Gasteiger partial charge in [0.25, 0.3) is 0 Å². The van der Waals surface area contributed by atoms with Crippen LogP contribution in [0.4, 0.5) is 8.78 Å². The van der Waals surface area contributed by atoms with Crippen LogP contribution in [0, 0.1) is 34.8 Å². The van der Waals surface area contributed by atoms with Gasteiger partial charge in [0.1, 0.15) is 23.3 Å². The third-order valence-electron chi connectivity index (χ3n) is 8.15. The summed E-state index contributed by atoms with van der Waals surface area (Å²) in [6.07, 6.45) is 17.2. The van der Waals surface area contributed by atoms with Gasteiger partial charge in [0, 0.05) is 8.80 Å². The first kappa shape index (κ1) is 24.4. The summed E-state index contributed by atoms with van der Waals surface area (Å²) in [4.78, 5) is 0. The predicted molar refractivity (Wildman–Crippen MR) is 128 cm³/mol. The Bertz CT molecular complexity index is 689. The summed E-state index contributed by atoms with van der Waals surface area (Å²) in [5, 5.41) is 8.84. The van der Waals surface area contributed by atoms with Gasteiger partial charge in [-0.15, -0.1) is 0 Å². The molecule has 0 unspecified atom stereocenters. The second kappa shape index (κ2) is 12.7. The highest BCUT2D eigenvalue weighted by molar-refractivity contribution is 6.58. The number of benzene rings is 1. The smallest absolute Gasteiger partial charge is 0.144 e. The van der Waals surface area contributed by atoms with E-state index in [1.807, 2.05) is 0 Å². The van der Waals surface area contributed by atoms with Gasteiger partial charge in [0.2, 0.25) is 0 Å². The Morgan fingerprint density at radius 2 is 1.45 bits per heavy atom. The molecule has 0 amide bonds. The number of unbranched alkanes of at least 4 members (excludes halogenated alkanes) is 3. The van der Waals surface area contributed by atoms with Gasteiger partial charge in [-0.3, -0.25) is 0 Å². The van der Waals surface area contributed by atoms with E-state index >= 15 is 0 Å². The average molecular weight is 446 g/mol. The number of nitriles is 1.